The minimum atomic E-state index is -0.209. The molecule has 1 atom stereocenters. The van der Waals surface area contributed by atoms with Gasteiger partial charge < -0.3 is 4.74 Å². The first kappa shape index (κ1) is 13.7. The number of hydrogen-bond donors (Lipinski definition) is 0. The molecule has 0 saturated heterocycles. The summed E-state index contributed by atoms with van der Waals surface area (Å²) in [7, 11) is 1.39. The highest BCUT2D eigenvalue weighted by molar-refractivity contribution is 5.69. The number of methoxy groups -OCH3 is 1. The van der Waals surface area contributed by atoms with Gasteiger partial charge in [0.25, 0.3) is 0 Å². The number of nitrogens with zero attached hydrogens (tertiary/aromatic N) is 1. The second-order valence-electron chi connectivity index (χ2n) is 3.52. The lowest BCUT2D eigenvalue weighted by Gasteiger charge is -2.10. The van der Waals surface area contributed by atoms with E-state index in [0.29, 0.717) is 6.42 Å². The normalized spacial score (nSPS) is 12.3. The smallest absolute Gasteiger partial charge is 0.306 e. The molecule has 1 unspecified atom stereocenters. The summed E-state index contributed by atoms with van der Waals surface area (Å²) in [6.45, 7) is 2.14. The molecule has 3 nitrogen and oxygen atoms in total. The van der Waals surface area contributed by atoms with Crippen molar-refractivity contribution in [2.45, 2.75) is 39.0 Å². The van der Waals surface area contributed by atoms with Gasteiger partial charge in [-0.25, -0.2) is 0 Å². The summed E-state index contributed by atoms with van der Waals surface area (Å²) >= 11 is 0. The van der Waals surface area contributed by atoms with E-state index in [2.05, 4.69) is 11.7 Å². The topological polar surface area (TPSA) is 50.1 Å². The number of carbonyl (C=O) groups excluding carboxylic acids is 1. The quantitative estimate of drug-likeness (QED) is 0.368. The summed E-state index contributed by atoms with van der Waals surface area (Å²) in [5, 5.41) is 8.43. The Bertz CT molecular complexity index is 240. The van der Waals surface area contributed by atoms with Crippen LogP contribution >= 0.6 is 0 Å². The predicted octanol–water partition coefficient (Wildman–Crippen LogP) is 2.83. The van der Waals surface area contributed by atoms with Gasteiger partial charge in [0, 0.05) is 6.08 Å². The lowest BCUT2D eigenvalue weighted by Crippen LogP contribution is -2.08. The highest BCUT2D eigenvalue weighted by Crippen LogP contribution is 2.15. The van der Waals surface area contributed by atoms with Crippen LogP contribution in [0.25, 0.3) is 0 Å². The Morgan fingerprint density at radius 2 is 2.27 bits per heavy atom. The van der Waals surface area contributed by atoms with Crippen LogP contribution < -0.4 is 0 Å². The van der Waals surface area contributed by atoms with Crippen LogP contribution in [0.3, 0.4) is 0 Å². The molecule has 0 spiro atoms. The van der Waals surface area contributed by atoms with E-state index >= 15 is 0 Å². The standard InChI is InChI=1S/C12H19NO2/c1-3-4-5-7-11(8-6-9-13)10-12(14)15-2/h6,8,11H,3-5,7,10H2,1-2H3/b8-6+. The van der Waals surface area contributed by atoms with Crippen molar-refractivity contribution in [2.24, 2.45) is 5.92 Å². The molecule has 84 valence electrons. The van der Waals surface area contributed by atoms with Crippen LogP contribution in [0.2, 0.25) is 0 Å². The van der Waals surface area contributed by atoms with Crippen molar-refractivity contribution in [2.75, 3.05) is 7.11 Å². The number of nitriles is 1. The predicted molar refractivity (Wildman–Crippen MR) is 59.0 cm³/mol. The third-order valence-electron chi connectivity index (χ3n) is 2.28. The summed E-state index contributed by atoms with van der Waals surface area (Å²) in [5.74, 6) is -0.0669. The summed E-state index contributed by atoms with van der Waals surface area (Å²) < 4.78 is 4.61. The largest absolute Gasteiger partial charge is 0.469 e. The van der Waals surface area contributed by atoms with E-state index in [1.807, 2.05) is 6.07 Å². The van der Waals surface area contributed by atoms with Gasteiger partial charge in [0.1, 0.15) is 0 Å². The second kappa shape index (κ2) is 9.26. The van der Waals surface area contributed by atoms with Gasteiger partial charge in [-0.05, 0) is 12.3 Å². The highest BCUT2D eigenvalue weighted by atomic mass is 16.5. The first-order valence-electron chi connectivity index (χ1n) is 5.37. The van der Waals surface area contributed by atoms with Gasteiger partial charge in [0.15, 0.2) is 0 Å². The fourth-order valence-electron chi connectivity index (χ4n) is 1.40. The third kappa shape index (κ3) is 7.75. The third-order valence-corrected chi connectivity index (χ3v) is 2.28. The number of esters is 1. The molecule has 0 fully saturated rings. The molecule has 0 heterocycles. The van der Waals surface area contributed by atoms with Crippen LogP contribution in [0, 0.1) is 17.2 Å². The average Bonchev–Trinajstić information content (AvgIpc) is 2.25. The van der Waals surface area contributed by atoms with Crippen molar-refractivity contribution in [1.29, 1.82) is 5.26 Å². The summed E-state index contributed by atoms with van der Waals surface area (Å²) in [6.07, 6.45) is 7.98. The average molecular weight is 209 g/mol. The minimum absolute atomic E-state index is 0.142. The number of hydrogen-bond acceptors (Lipinski definition) is 3. The Balaban J connectivity index is 4.01. The molecule has 0 aliphatic heterocycles. The molecular weight excluding hydrogens is 190 g/mol. The zero-order valence-electron chi connectivity index (χ0n) is 9.53. The van der Waals surface area contributed by atoms with Crippen molar-refractivity contribution in [3.8, 4) is 6.07 Å². The van der Waals surface area contributed by atoms with Crippen LogP contribution in [0.1, 0.15) is 39.0 Å². The second-order valence-corrected chi connectivity index (χ2v) is 3.52. The van der Waals surface area contributed by atoms with Gasteiger partial charge in [0.2, 0.25) is 0 Å². The van der Waals surface area contributed by atoms with Crippen LogP contribution in [0.15, 0.2) is 12.2 Å². The van der Waals surface area contributed by atoms with Gasteiger partial charge in [-0.3, -0.25) is 4.79 Å². The van der Waals surface area contributed by atoms with E-state index in [-0.39, 0.29) is 11.9 Å². The fraction of sp³-hybridized carbons (Fsp3) is 0.667. The number of unbranched alkanes of at least 4 members (excludes halogenated alkanes) is 2. The molecule has 0 saturated carbocycles. The highest BCUT2D eigenvalue weighted by Gasteiger charge is 2.10. The number of carbonyl (C=O) groups is 1. The van der Waals surface area contributed by atoms with Crippen molar-refractivity contribution in [3.63, 3.8) is 0 Å². The molecule has 0 aromatic rings. The number of rotatable bonds is 7. The molecule has 15 heavy (non-hydrogen) atoms. The van der Waals surface area contributed by atoms with E-state index in [1.165, 1.54) is 13.2 Å². The molecule has 3 heteroatoms. The van der Waals surface area contributed by atoms with Crippen molar-refractivity contribution >= 4 is 5.97 Å². The van der Waals surface area contributed by atoms with Gasteiger partial charge in [-0.2, -0.15) is 5.26 Å². The van der Waals surface area contributed by atoms with Gasteiger partial charge >= 0.3 is 5.97 Å². The van der Waals surface area contributed by atoms with Crippen LogP contribution in [-0.4, -0.2) is 13.1 Å². The molecule has 0 N–H and O–H groups in total. The van der Waals surface area contributed by atoms with Crippen molar-refractivity contribution in [3.05, 3.63) is 12.2 Å². The summed E-state index contributed by atoms with van der Waals surface area (Å²) in [4.78, 5) is 11.1. The van der Waals surface area contributed by atoms with Crippen molar-refractivity contribution < 1.29 is 9.53 Å². The zero-order valence-corrected chi connectivity index (χ0v) is 9.53. The Hall–Kier alpha value is -1.30. The van der Waals surface area contributed by atoms with Gasteiger partial charge in [-0.1, -0.05) is 32.3 Å². The Labute approximate surface area is 91.7 Å². The zero-order chi connectivity index (χ0) is 11.5. The monoisotopic (exact) mass is 209 g/mol. The van der Waals surface area contributed by atoms with Crippen molar-refractivity contribution in [1.82, 2.24) is 0 Å². The Kier molecular flexibility index (Phi) is 8.46. The van der Waals surface area contributed by atoms with Gasteiger partial charge in [-0.15, -0.1) is 0 Å². The first-order chi connectivity index (χ1) is 7.24. The van der Waals surface area contributed by atoms with Crippen LogP contribution in [0.4, 0.5) is 0 Å². The molecule has 0 aliphatic rings. The molecule has 0 amide bonds. The lowest BCUT2D eigenvalue weighted by molar-refractivity contribution is -0.141. The summed E-state index contributed by atoms with van der Waals surface area (Å²) in [6, 6.07) is 1.95. The van der Waals surface area contributed by atoms with Crippen LogP contribution in [-0.2, 0) is 9.53 Å². The molecule has 0 bridgehead atoms. The molecule has 0 rings (SSSR count). The minimum Gasteiger partial charge on any atom is -0.469 e. The Morgan fingerprint density at radius 3 is 2.80 bits per heavy atom. The fourth-order valence-corrected chi connectivity index (χ4v) is 1.40. The van der Waals surface area contributed by atoms with E-state index in [4.69, 9.17) is 5.26 Å². The van der Waals surface area contributed by atoms with E-state index in [1.54, 1.807) is 6.08 Å². The molecule has 0 aromatic heterocycles. The molecule has 0 aromatic carbocycles. The number of ether oxygens (including phenoxy) is 1. The van der Waals surface area contributed by atoms with E-state index in [0.717, 1.165) is 25.7 Å². The maximum Gasteiger partial charge on any atom is 0.306 e. The van der Waals surface area contributed by atoms with Gasteiger partial charge in [0.05, 0.1) is 19.6 Å². The first-order valence-corrected chi connectivity index (χ1v) is 5.37. The molecular formula is C12H19NO2. The SMILES string of the molecule is CCCCCC(/C=C/C#N)CC(=O)OC. The molecule has 0 aliphatic carbocycles. The van der Waals surface area contributed by atoms with E-state index < -0.39 is 0 Å². The Morgan fingerprint density at radius 1 is 1.53 bits per heavy atom. The van der Waals surface area contributed by atoms with E-state index in [9.17, 15) is 4.79 Å². The number of allylic oxidation sites excluding steroid dienone is 2. The summed E-state index contributed by atoms with van der Waals surface area (Å²) in [5.41, 5.74) is 0. The maximum atomic E-state index is 11.1. The maximum absolute atomic E-state index is 11.1. The van der Waals surface area contributed by atoms with Crippen LogP contribution in [0.5, 0.6) is 0 Å². The molecule has 0 radical (unpaired) electrons. The lowest BCUT2D eigenvalue weighted by atomic mass is 9.97.